The highest BCUT2D eigenvalue weighted by atomic mass is 31.2. The van der Waals surface area contributed by atoms with Gasteiger partial charge in [-0.2, -0.15) is 0 Å². The molecule has 2 aromatic carbocycles. The molecular formula is C14H16O4P+. The molecule has 0 aliphatic heterocycles. The van der Waals surface area contributed by atoms with E-state index >= 15 is 0 Å². The van der Waals surface area contributed by atoms with Crippen LogP contribution in [0.1, 0.15) is 0 Å². The Morgan fingerprint density at radius 1 is 0.684 bits per heavy atom. The van der Waals surface area contributed by atoms with Crippen molar-refractivity contribution < 1.29 is 19.3 Å². The lowest BCUT2D eigenvalue weighted by Crippen LogP contribution is -2.21. The number of ether oxygens (including phenoxy) is 2. The molecule has 0 unspecified atom stereocenters. The molecular weight excluding hydrogens is 263 g/mol. The summed E-state index contributed by atoms with van der Waals surface area (Å²) in [6.07, 6.45) is 0. The van der Waals surface area contributed by atoms with Gasteiger partial charge in [0, 0.05) is 0 Å². The SMILES string of the molecule is COc1ccc([P+](O)(O)c2ccc(OC)cc2)cc1. The average molecular weight is 279 g/mol. The summed E-state index contributed by atoms with van der Waals surface area (Å²) in [5.41, 5.74) is 0. The number of hydrogen-bond donors (Lipinski definition) is 2. The maximum Gasteiger partial charge on any atom is 0.333 e. The van der Waals surface area contributed by atoms with Crippen LogP contribution in [0.2, 0.25) is 0 Å². The highest BCUT2D eigenvalue weighted by Gasteiger charge is 2.39. The minimum absolute atomic E-state index is 0.485. The van der Waals surface area contributed by atoms with Crippen molar-refractivity contribution in [2.45, 2.75) is 0 Å². The topological polar surface area (TPSA) is 58.9 Å². The monoisotopic (exact) mass is 279 g/mol. The zero-order valence-corrected chi connectivity index (χ0v) is 11.7. The van der Waals surface area contributed by atoms with Gasteiger partial charge in [0.1, 0.15) is 11.5 Å². The van der Waals surface area contributed by atoms with Gasteiger partial charge in [0.2, 0.25) is 0 Å². The second-order valence-electron chi connectivity index (χ2n) is 4.00. The van der Waals surface area contributed by atoms with E-state index in [9.17, 15) is 9.79 Å². The number of methoxy groups -OCH3 is 2. The standard InChI is InChI=1S/C14H16O4P/c1-17-11-3-7-13(8-4-11)19(15,16)14-9-5-12(18-2)6-10-14/h3-10,15-16H,1-2H3/q+1. The third kappa shape index (κ3) is 2.87. The molecule has 0 fully saturated rings. The molecule has 2 aromatic rings. The summed E-state index contributed by atoms with van der Waals surface area (Å²) in [7, 11) is -0.183. The van der Waals surface area contributed by atoms with Gasteiger partial charge in [-0.1, -0.05) is 0 Å². The molecule has 0 aromatic heterocycles. The summed E-state index contributed by atoms with van der Waals surface area (Å²) in [5.74, 6) is 1.36. The summed E-state index contributed by atoms with van der Waals surface area (Å²) >= 11 is 0. The Labute approximate surface area is 112 Å². The second-order valence-corrected chi connectivity index (χ2v) is 6.23. The summed E-state index contributed by atoms with van der Waals surface area (Å²) in [5, 5.41) is 0.969. The summed E-state index contributed by atoms with van der Waals surface area (Å²) in [6, 6.07) is 13.5. The van der Waals surface area contributed by atoms with Crippen molar-refractivity contribution in [2.24, 2.45) is 0 Å². The third-order valence-electron chi connectivity index (χ3n) is 2.86. The maximum absolute atomic E-state index is 10.4. The van der Waals surface area contributed by atoms with Crippen molar-refractivity contribution in [3.8, 4) is 11.5 Å². The van der Waals surface area contributed by atoms with Crippen LogP contribution in [0.3, 0.4) is 0 Å². The smallest absolute Gasteiger partial charge is 0.333 e. The van der Waals surface area contributed by atoms with E-state index in [0.29, 0.717) is 22.1 Å². The van der Waals surface area contributed by atoms with Gasteiger partial charge in [-0.15, -0.1) is 0 Å². The molecule has 0 amide bonds. The Morgan fingerprint density at radius 2 is 1.00 bits per heavy atom. The van der Waals surface area contributed by atoms with Gasteiger partial charge in [-0.25, -0.2) is 9.79 Å². The van der Waals surface area contributed by atoms with Gasteiger partial charge in [-0.05, 0) is 48.5 Å². The molecule has 100 valence electrons. The molecule has 0 aliphatic carbocycles. The molecule has 0 aliphatic rings. The van der Waals surface area contributed by atoms with E-state index in [1.54, 1.807) is 62.8 Å². The normalized spacial score (nSPS) is 11.2. The van der Waals surface area contributed by atoms with Gasteiger partial charge in [-0.3, -0.25) is 0 Å². The fourth-order valence-corrected chi connectivity index (χ4v) is 3.16. The van der Waals surface area contributed by atoms with Crippen LogP contribution in [-0.4, -0.2) is 24.0 Å². The predicted octanol–water partition coefficient (Wildman–Crippen LogP) is 1.49. The molecule has 0 spiro atoms. The minimum Gasteiger partial charge on any atom is -0.497 e. The minimum atomic E-state index is -3.32. The Balaban J connectivity index is 2.33. The van der Waals surface area contributed by atoms with Crippen LogP contribution < -0.4 is 20.1 Å². The summed E-state index contributed by atoms with van der Waals surface area (Å²) in [4.78, 5) is 20.7. The van der Waals surface area contributed by atoms with E-state index in [1.807, 2.05) is 0 Å². The number of rotatable bonds is 4. The first kappa shape index (κ1) is 13.8. The van der Waals surface area contributed by atoms with Crippen LogP contribution in [0.4, 0.5) is 0 Å². The highest BCUT2D eigenvalue weighted by molar-refractivity contribution is 7.79. The molecule has 19 heavy (non-hydrogen) atoms. The zero-order chi connectivity index (χ0) is 13.9. The van der Waals surface area contributed by atoms with E-state index in [-0.39, 0.29) is 0 Å². The quantitative estimate of drug-likeness (QED) is 0.832. The van der Waals surface area contributed by atoms with Crippen LogP contribution in [0.25, 0.3) is 0 Å². The Kier molecular flexibility index (Phi) is 4.05. The number of benzene rings is 2. The van der Waals surface area contributed by atoms with Gasteiger partial charge in [0.25, 0.3) is 0 Å². The van der Waals surface area contributed by atoms with E-state index in [4.69, 9.17) is 9.47 Å². The second kappa shape index (κ2) is 5.57. The fraction of sp³-hybridized carbons (Fsp3) is 0.143. The van der Waals surface area contributed by atoms with Crippen LogP contribution in [-0.2, 0) is 0 Å². The first-order valence-electron chi connectivity index (χ1n) is 5.71. The van der Waals surface area contributed by atoms with E-state index in [1.165, 1.54) is 0 Å². The van der Waals surface area contributed by atoms with Crippen molar-refractivity contribution in [1.29, 1.82) is 0 Å². The van der Waals surface area contributed by atoms with Crippen molar-refractivity contribution in [3.05, 3.63) is 48.5 Å². The van der Waals surface area contributed by atoms with Gasteiger partial charge in [0.15, 0.2) is 10.6 Å². The highest BCUT2D eigenvalue weighted by Crippen LogP contribution is 2.47. The number of hydrogen-bond acceptors (Lipinski definition) is 4. The van der Waals surface area contributed by atoms with E-state index in [0.717, 1.165) is 0 Å². The zero-order valence-electron chi connectivity index (χ0n) is 10.8. The largest absolute Gasteiger partial charge is 0.497 e. The molecule has 0 saturated carbocycles. The lowest BCUT2D eigenvalue weighted by Gasteiger charge is -2.12. The van der Waals surface area contributed by atoms with Crippen LogP contribution in [0.5, 0.6) is 11.5 Å². The average Bonchev–Trinajstić information content (AvgIpc) is 2.47. The van der Waals surface area contributed by atoms with Crippen molar-refractivity contribution >= 4 is 18.3 Å². The summed E-state index contributed by atoms with van der Waals surface area (Å²) < 4.78 is 10.1. The lowest BCUT2D eigenvalue weighted by atomic mass is 10.3. The van der Waals surface area contributed by atoms with Crippen molar-refractivity contribution in [1.82, 2.24) is 0 Å². The molecule has 0 radical (unpaired) electrons. The van der Waals surface area contributed by atoms with E-state index in [2.05, 4.69) is 0 Å². The first-order valence-corrected chi connectivity index (χ1v) is 7.41. The molecule has 2 N–H and O–H groups in total. The van der Waals surface area contributed by atoms with Gasteiger partial charge in [0.05, 0.1) is 14.2 Å². The molecule has 0 saturated heterocycles. The third-order valence-corrected chi connectivity index (χ3v) is 4.90. The van der Waals surface area contributed by atoms with Gasteiger partial charge < -0.3 is 9.47 Å². The predicted molar refractivity (Wildman–Crippen MR) is 76.6 cm³/mol. The van der Waals surface area contributed by atoms with Crippen molar-refractivity contribution in [2.75, 3.05) is 14.2 Å². The molecule has 2 rings (SSSR count). The van der Waals surface area contributed by atoms with Crippen LogP contribution in [0.15, 0.2) is 48.5 Å². The first-order chi connectivity index (χ1) is 9.07. The Bertz CT molecular complexity index is 485. The maximum atomic E-state index is 10.4. The lowest BCUT2D eigenvalue weighted by molar-refractivity contribution is 0.415. The van der Waals surface area contributed by atoms with Gasteiger partial charge >= 0.3 is 7.72 Å². The van der Waals surface area contributed by atoms with Crippen LogP contribution >= 0.6 is 7.72 Å². The molecule has 5 heteroatoms. The Hall–Kier alpha value is -1.61. The summed E-state index contributed by atoms with van der Waals surface area (Å²) in [6.45, 7) is 0. The fourth-order valence-electron chi connectivity index (χ4n) is 1.73. The molecule has 0 atom stereocenters. The van der Waals surface area contributed by atoms with E-state index < -0.39 is 7.72 Å². The molecule has 4 nitrogen and oxygen atoms in total. The molecule has 0 heterocycles. The van der Waals surface area contributed by atoms with Crippen LogP contribution in [0, 0.1) is 0 Å². The van der Waals surface area contributed by atoms with Crippen molar-refractivity contribution in [3.63, 3.8) is 0 Å². The Morgan fingerprint density at radius 3 is 1.26 bits per heavy atom. The molecule has 0 bridgehead atoms.